The van der Waals surface area contributed by atoms with Gasteiger partial charge in [0.1, 0.15) is 0 Å². The van der Waals surface area contributed by atoms with Crippen LogP contribution in [0.1, 0.15) is 67.9 Å². The van der Waals surface area contributed by atoms with Crippen molar-refractivity contribution in [3.8, 4) is 0 Å². The monoisotopic (exact) mass is 319 g/mol. The minimum absolute atomic E-state index is 0.980. The van der Waals surface area contributed by atoms with E-state index >= 15 is 0 Å². The second-order valence-electron chi connectivity index (χ2n) is 6.86. The maximum Gasteiger partial charge on any atom is 0.0669 e. The molecule has 0 unspecified atom stereocenters. The second-order valence-corrected chi connectivity index (χ2v) is 6.86. The van der Waals surface area contributed by atoms with Crippen molar-refractivity contribution >= 4 is 11.4 Å². The molecule has 24 heavy (non-hydrogen) atoms. The molecule has 0 radical (unpaired) electrons. The van der Waals surface area contributed by atoms with E-state index in [1.54, 1.807) is 0 Å². The largest absolute Gasteiger partial charge is 0.252 e. The number of aryl methyl sites for hydroxylation is 3. The third kappa shape index (κ3) is 3.45. The summed E-state index contributed by atoms with van der Waals surface area (Å²) in [4.78, 5) is 4.98. The topological polar surface area (TPSA) is 12.4 Å². The van der Waals surface area contributed by atoms with Crippen LogP contribution >= 0.6 is 0 Å². The molecule has 0 N–H and O–H groups in total. The van der Waals surface area contributed by atoms with Crippen molar-refractivity contribution in [1.29, 1.82) is 0 Å². The van der Waals surface area contributed by atoms with Crippen molar-refractivity contribution in [1.82, 2.24) is 0 Å². The van der Waals surface area contributed by atoms with Gasteiger partial charge in [0.25, 0.3) is 0 Å². The summed E-state index contributed by atoms with van der Waals surface area (Å²) in [6.45, 7) is 6.83. The molecule has 126 valence electrons. The maximum atomic E-state index is 4.98. The van der Waals surface area contributed by atoms with Crippen LogP contribution in [0.5, 0.6) is 0 Å². The summed E-state index contributed by atoms with van der Waals surface area (Å²) in [6, 6.07) is 13.5. The Kier molecular flexibility index (Phi) is 5.50. The smallest absolute Gasteiger partial charge is 0.0669 e. The second kappa shape index (κ2) is 7.79. The van der Waals surface area contributed by atoms with Gasteiger partial charge in [-0.15, -0.1) is 0 Å². The van der Waals surface area contributed by atoms with Crippen molar-refractivity contribution in [3.63, 3.8) is 0 Å². The van der Waals surface area contributed by atoms with E-state index in [1.807, 2.05) is 0 Å². The van der Waals surface area contributed by atoms with Crippen molar-refractivity contribution in [3.05, 3.63) is 64.2 Å². The summed E-state index contributed by atoms with van der Waals surface area (Å²) in [6.07, 6.45) is 8.14. The Morgan fingerprint density at radius 2 is 1.71 bits per heavy atom. The molecule has 0 spiro atoms. The first-order valence-electron chi connectivity index (χ1n) is 9.57. The number of rotatable bonds is 7. The van der Waals surface area contributed by atoms with Crippen LogP contribution in [0.3, 0.4) is 0 Å². The van der Waals surface area contributed by atoms with Gasteiger partial charge in [0.15, 0.2) is 0 Å². The fourth-order valence-corrected chi connectivity index (χ4v) is 3.76. The summed E-state index contributed by atoms with van der Waals surface area (Å²) >= 11 is 0. The van der Waals surface area contributed by atoms with Gasteiger partial charge < -0.3 is 0 Å². The molecule has 2 aromatic rings. The first kappa shape index (κ1) is 17.0. The molecule has 0 saturated carbocycles. The van der Waals surface area contributed by atoms with E-state index in [2.05, 4.69) is 57.2 Å². The molecule has 1 nitrogen and oxygen atoms in total. The zero-order chi connectivity index (χ0) is 16.9. The van der Waals surface area contributed by atoms with Crippen molar-refractivity contribution in [2.75, 3.05) is 0 Å². The van der Waals surface area contributed by atoms with Crippen LogP contribution < -0.4 is 0 Å². The van der Waals surface area contributed by atoms with Crippen LogP contribution in [0.25, 0.3) is 0 Å². The van der Waals surface area contributed by atoms with Gasteiger partial charge in [-0.3, -0.25) is 4.99 Å². The van der Waals surface area contributed by atoms with E-state index in [0.717, 1.165) is 24.9 Å². The predicted molar refractivity (Wildman–Crippen MR) is 105 cm³/mol. The lowest BCUT2D eigenvalue weighted by molar-refractivity contribution is 0.790. The minimum atomic E-state index is 0.980. The normalized spacial score (nSPS) is 13.0. The summed E-state index contributed by atoms with van der Waals surface area (Å²) in [5.74, 6) is 0. The average Bonchev–Trinajstić information content (AvgIpc) is 3.03. The Morgan fingerprint density at radius 1 is 0.917 bits per heavy atom. The molecule has 0 aliphatic carbocycles. The molecule has 0 fully saturated rings. The highest BCUT2D eigenvalue weighted by atomic mass is 14.8. The van der Waals surface area contributed by atoms with E-state index in [4.69, 9.17) is 4.99 Å². The van der Waals surface area contributed by atoms with Crippen LogP contribution in [-0.2, 0) is 25.7 Å². The van der Waals surface area contributed by atoms with Gasteiger partial charge in [-0.1, -0.05) is 63.9 Å². The summed E-state index contributed by atoms with van der Waals surface area (Å²) in [5.41, 5.74) is 9.75. The summed E-state index contributed by atoms with van der Waals surface area (Å²) in [7, 11) is 0. The lowest BCUT2D eigenvalue weighted by Crippen LogP contribution is -2.10. The van der Waals surface area contributed by atoms with Crippen molar-refractivity contribution in [2.45, 2.75) is 65.7 Å². The van der Waals surface area contributed by atoms with Crippen LogP contribution in [0.15, 0.2) is 41.4 Å². The zero-order valence-corrected chi connectivity index (χ0v) is 15.4. The molecule has 1 aliphatic rings. The van der Waals surface area contributed by atoms with Gasteiger partial charge in [0, 0.05) is 12.0 Å². The number of hydrogen-bond donors (Lipinski definition) is 0. The van der Waals surface area contributed by atoms with Gasteiger partial charge in [0.05, 0.1) is 11.4 Å². The molecule has 0 amide bonds. The van der Waals surface area contributed by atoms with E-state index in [1.165, 1.54) is 59.2 Å². The number of fused-ring (bicyclic) bond motifs is 1. The van der Waals surface area contributed by atoms with Gasteiger partial charge in [-0.05, 0) is 54.0 Å². The molecule has 0 bridgehead atoms. The van der Waals surface area contributed by atoms with E-state index < -0.39 is 0 Å². The lowest BCUT2D eigenvalue weighted by atomic mass is 9.88. The van der Waals surface area contributed by atoms with Crippen molar-refractivity contribution in [2.24, 2.45) is 4.99 Å². The number of unbranched alkanes of at least 4 members (excludes halogenated alkanes) is 1. The molecular formula is C23H29N. The first-order valence-corrected chi connectivity index (χ1v) is 9.57. The number of aliphatic imine (C=N–C) groups is 1. The lowest BCUT2D eigenvalue weighted by Gasteiger charge is -2.17. The summed E-state index contributed by atoms with van der Waals surface area (Å²) in [5, 5.41) is 0. The van der Waals surface area contributed by atoms with Crippen LogP contribution in [0.4, 0.5) is 5.69 Å². The number of nitrogens with zero attached hydrogens (tertiary/aromatic N) is 1. The Bertz CT molecular complexity index is 740. The Morgan fingerprint density at radius 3 is 2.42 bits per heavy atom. The fourth-order valence-electron chi connectivity index (χ4n) is 3.76. The van der Waals surface area contributed by atoms with Crippen LogP contribution in [0.2, 0.25) is 0 Å². The number of hydrogen-bond acceptors (Lipinski definition) is 1. The van der Waals surface area contributed by atoms with Crippen LogP contribution in [0, 0.1) is 0 Å². The highest BCUT2D eigenvalue weighted by Crippen LogP contribution is 2.32. The van der Waals surface area contributed by atoms with Gasteiger partial charge in [0.2, 0.25) is 0 Å². The Balaban J connectivity index is 2.03. The average molecular weight is 319 g/mol. The van der Waals surface area contributed by atoms with Crippen LogP contribution in [-0.4, -0.2) is 5.71 Å². The Labute approximate surface area is 146 Å². The maximum absolute atomic E-state index is 4.98. The first-order chi connectivity index (χ1) is 11.8. The van der Waals surface area contributed by atoms with E-state index in [-0.39, 0.29) is 0 Å². The predicted octanol–water partition coefficient (Wildman–Crippen LogP) is 6.22. The van der Waals surface area contributed by atoms with Gasteiger partial charge in [-0.25, -0.2) is 0 Å². The quantitative estimate of drug-likeness (QED) is 0.574. The molecule has 1 aliphatic heterocycles. The molecule has 1 heterocycles. The standard InChI is InChI=1S/C23H29N/c1-4-7-11-17-14-18(6-3)23(20(15-17)10-5-2)22-16-19-12-8-9-13-21(19)24-22/h8-9,12-15H,4-7,10-11,16H2,1-3H3. The molecule has 2 aromatic carbocycles. The van der Waals surface area contributed by atoms with Gasteiger partial charge in [-0.2, -0.15) is 0 Å². The highest BCUT2D eigenvalue weighted by Gasteiger charge is 2.20. The third-order valence-corrected chi connectivity index (χ3v) is 4.97. The molecular weight excluding hydrogens is 290 g/mol. The van der Waals surface area contributed by atoms with E-state index in [0.29, 0.717) is 0 Å². The van der Waals surface area contributed by atoms with Gasteiger partial charge >= 0.3 is 0 Å². The highest BCUT2D eigenvalue weighted by molar-refractivity contribution is 6.08. The molecule has 0 aromatic heterocycles. The fraction of sp³-hybridized carbons (Fsp3) is 0.435. The zero-order valence-electron chi connectivity index (χ0n) is 15.4. The van der Waals surface area contributed by atoms with Crippen molar-refractivity contribution < 1.29 is 0 Å². The SMILES string of the molecule is CCCCc1cc(CC)c(C2=Nc3ccccc3C2)c(CCC)c1. The number of benzene rings is 2. The molecule has 0 saturated heterocycles. The minimum Gasteiger partial charge on any atom is -0.252 e. The molecule has 3 rings (SSSR count). The molecule has 0 atom stereocenters. The third-order valence-electron chi connectivity index (χ3n) is 4.97. The number of para-hydroxylation sites is 1. The Hall–Kier alpha value is -1.89. The summed E-state index contributed by atoms with van der Waals surface area (Å²) < 4.78 is 0. The van der Waals surface area contributed by atoms with E-state index in [9.17, 15) is 0 Å². The molecule has 1 heteroatoms.